The van der Waals surface area contributed by atoms with Gasteiger partial charge in [-0.1, -0.05) is 11.6 Å². The zero-order valence-corrected chi connectivity index (χ0v) is 19.8. The summed E-state index contributed by atoms with van der Waals surface area (Å²) in [6.45, 7) is 3.12. The number of nitrogens with zero attached hydrogens (tertiary/aromatic N) is 1. The van der Waals surface area contributed by atoms with Crippen LogP contribution >= 0.6 is 0 Å². The Hall–Kier alpha value is -2.69. The molecule has 174 valence electrons. The van der Waals surface area contributed by atoms with Crippen LogP contribution in [0, 0.1) is 6.92 Å². The lowest BCUT2D eigenvalue weighted by Crippen LogP contribution is -2.36. The van der Waals surface area contributed by atoms with Crippen molar-refractivity contribution in [2.75, 3.05) is 18.1 Å². The number of hydrogen-bond acceptors (Lipinski definition) is 5. The van der Waals surface area contributed by atoms with Crippen molar-refractivity contribution in [1.82, 2.24) is 14.6 Å². The molecule has 10 heteroatoms. The first-order chi connectivity index (χ1) is 15.6. The van der Waals surface area contributed by atoms with Gasteiger partial charge in [0, 0.05) is 53.3 Å². The number of aryl methyl sites for hydroxylation is 1. The fourth-order valence-electron chi connectivity index (χ4n) is 4.64. The number of sulfone groups is 1. The minimum atomic E-state index is -3.87. The van der Waals surface area contributed by atoms with E-state index in [4.69, 9.17) is 0 Å². The van der Waals surface area contributed by atoms with Gasteiger partial charge in [-0.3, -0.25) is 4.79 Å². The van der Waals surface area contributed by atoms with Gasteiger partial charge in [0.05, 0.1) is 16.4 Å². The standard InChI is InChI=1S/C23H25N3O5S2/c1-15-2-7-21-19(12-15)20-13-26(10-8-22(20)24-21)23(27)16-3-5-18(6-4-16)33(30,31)25-17-9-11-32(28,29)14-17/h2-7,12,17,24-25H,8-11,13-14H2,1H3/t17-/m1/s1. The fourth-order valence-corrected chi connectivity index (χ4v) is 7.69. The monoisotopic (exact) mass is 487 g/mol. The molecule has 1 amide bonds. The number of carbonyl (C=O) groups is 1. The average molecular weight is 488 g/mol. The second-order valence-electron chi connectivity index (χ2n) is 8.85. The van der Waals surface area contributed by atoms with Gasteiger partial charge in [-0.15, -0.1) is 0 Å². The largest absolute Gasteiger partial charge is 0.358 e. The molecule has 3 aromatic rings. The van der Waals surface area contributed by atoms with E-state index >= 15 is 0 Å². The first-order valence-corrected chi connectivity index (χ1v) is 14.1. The molecular formula is C23H25N3O5S2. The van der Waals surface area contributed by atoms with E-state index in [1.165, 1.54) is 24.3 Å². The van der Waals surface area contributed by atoms with E-state index in [-0.39, 0.29) is 28.7 Å². The van der Waals surface area contributed by atoms with E-state index in [0.717, 1.165) is 34.1 Å². The number of hydrogen-bond donors (Lipinski definition) is 2. The van der Waals surface area contributed by atoms with Crippen LogP contribution in [-0.4, -0.2) is 56.7 Å². The number of H-pyrrole nitrogens is 1. The predicted octanol–water partition coefficient (Wildman–Crippen LogP) is 2.14. The molecule has 3 heterocycles. The lowest BCUT2D eigenvalue weighted by atomic mass is 10.0. The Balaban J connectivity index is 1.32. The zero-order valence-electron chi connectivity index (χ0n) is 18.2. The molecular weight excluding hydrogens is 462 g/mol. The molecule has 0 bridgehead atoms. The summed E-state index contributed by atoms with van der Waals surface area (Å²) in [5.41, 5.74) is 4.92. The van der Waals surface area contributed by atoms with E-state index in [9.17, 15) is 21.6 Å². The number of aromatic nitrogens is 1. The summed E-state index contributed by atoms with van der Waals surface area (Å²) in [7, 11) is -7.06. The molecule has 8 nitrogen and oxygen atoms in total. The van der Waals surface area contributed by atoms with Crippen LogP contribution in [0.4, 0.5) is 0 Å². The maximum absolute atomic E-state index is 13.1. The highest BCUT2D eigenvalue weighted by Gasteiger charge is 2.31. The number of fused-ring (bicyclic) bond motifs is 3. The summed E-state index contributed by atoms with van der Waals surface area (Å²) in [4.78, 5) is 18.4. The first kappa shape index (κ1) is 22.1. The molecule has 2 aliphatic heterocycles. The minimum Gasteiger partial charge on any atom is -0.358 e. The van der Waals surface area contributed by atoms with Gasteiger partial charge in [-0.2, -0.15) is 0 Å². The number of sulfonamides is 1. The fraction of sp³-hybridized carbons (Fsp3) is 0.348. The summed E-state index contributed by atoms with van der Waals surface area (Å²) < 4.78 is 50.9. The maximum Gasteiger partial charge on any atom is 0.254 e. The quantitative estimate of drug-likeness (QED) is 0.585. The normalized spacial score (nSPS) is 20.2. The number of amides is 1. The molecule has 1 atom stereocenters. The molecule has 5 rings (SSSR count). The molecule has 1 fully saturated rings. The molecule has 0 saturated carbocycles. The van der Waals surface area contributed by atoms with Gasteiger partial charge in [0.15, 0.2) is 9.84 Å². The molecule has 2 aliphatic rings. The molecule has 1 saturated heterocycles. The zero-order chi connectivity index (χ0) is 23.4. The first-order valence-electron chi connectivity index (χ1n) is 10.8. The summed E-state index contributed by atoms with van der Waals surface area (Å²) >= 11 is 0. The van der Waals surface area contributed by atoms with Crippen LogP contribution in [-0.2, 0) is 32.8 Å². The Labute approximate surface area is 193 Å². The topological polar surface area (TPSA) is 116 Å². The van der Waals surface area contributed by atoms with Gasteiger partial charge < -0.3 is 9.88 Å². The number of nitrogens with one attached hydrogen (secondary N) is 2. The summed E-state index contributed by atoms with van der Waals surface area (Å²) in [6, 6.07) is 11.4. The summed E-state index contributed by atoms with van der Waals surface area (Å²) in [5.74, 6) is -0.352. The van der Waals surface area contributed by atoms with Gasteiger partial charge in [-0.25, -0.2) is 21.6 Å². The Morgan fingerprint density at radius 1 is 1.15 bits per heavy atom. The van der Waals surface area contributed by atoms with Crippen LogP contribution < -0.4 is 4.72 Å². The Kier molecular flexibility index (Phi) is 5.34. The smallest absolute Gasteiger partial charge is 0.254 e. The van der Waals surface area contributed by atoms with Crippen LogP contribution in [0.25, 0.3) is 10.9 Å². The predicted molar refractivity (Wildman–Crippen MR) is 125 cm³/mol. The molecule has 0 spiro atoms. The molecule has 0 unspecified atom stereocenters. The Morgan fingerprint density at radius 3 is 2.61 bits per heavy atom. The van der Waals surface area contributed by atoms with E-state index < -0.39 is 25.9 Å². The van der Waals surface area contributed by atoms with Gasteiger partial charge in [0.2, 0.25) is 10.0 Å². The molecule has 33 heavy (non-hydrogen) atoms. The molecule has 2 N–H and O–H groups in total. The third kappa shape index (κ3) is 4.30. The lowest BCUT2D eigenvalue weighted by Gasteiger charge is -2.27. The highest BCUT2D eigenvalue weighted by Crippen LogP contribution is 2.29. The van der Waals surface area contributed by atoms with Crippen LogP contribution in [0.5, 0.6) is 0 Å². The Bertz CT molecular complexity index is 1460. The molecule has 0 radical (unpaired) electrons. The van der Waals surface area contributed by atoms with Crippen LogP contribution in [0.1, 0.15) is 33.6 Å². The van der Waals surface area contributed by atoms with E-state index in [1.54, 1.807) is 4.90 Å². The number of aromatic amines is 1. The van der Waals surface area contributed by atoms with Crippen molar-refractivity contribution in [2.24, 2.45) is 0 Å². The van der Waals surface area contributed by atoms with Gasteiger partial charge >= 0.3 is 0 Å². The number of carbonyl (C=O) groups excluding carboxylic acids is 1. The van der Waals surface area contributed by atoms with Crippen molar-refractivity contribution in [3.05, 3.63) is 64.8 Å². The number of benzene rings is 2. The van der Waals surface area contributed by atoms with E-state index in [1.807, 2.05) is 6.92 Å². The van der Waals surface area contributed by atoms with Gasteiger partial charge in [-0.05, 0) is 49.7 Å². The third-order valence-electron chi connectivity index (χ3n) is 6.38. The second kappa shape index (κ2) is 7.96. The molecule has 1 aromatic heterocycles. The SMILES string of the molecule is Cc1ccc2[nH]c3c(c2c1)CN(C(=O)c1ccc(S(=O)(=O)N[C@@H]2CCS(=O)(=O)C2)cc1)CC3. The van der Waals surface area contributed by atoms with Crippen molar-refractivity contribution < 1.29 is 21.6 Å². The van der Waals surface area contributed by atoms with Crippen molar-refractivity contribution in [3.8, 4) is 0 Å². The van der Waals surface area contributed by atoms with Crippen molar-refractivity contribution in [3.63, 3.8) is 0 Å². The number of rotatable bonds is 4. The highest BCUT2D eigenvalue weighted by molar-refractivity contribution is 7.92. The van der Waals surface area contributed by atoms with E-state index in [0.29, 0.717) is 18.7 Å². The van der Waals surface area contributed by atoms with Crippen LogP contribution in [0.2, 0.25) is 0 Å². The average Bonchev–Trinajstić information content (AvgIpc) is 3.31. The minimum absolute atomic E-state index is 0.0105. The Morgan fingerprint density at radius 2 is 1.91 bits per heavy atom. The summed E-state index contributed by atoms with van der Waals surface area (Å²) in [5, 5.41) is 1.13. The van der Waals surface area contributed by atoms with Crippen molar-refractivity contribution in [1.29, 1.82) is 0 Å². The summed E-state index contributed by atoms with van der Waals surface area (Å²) in [6.07, 6.45) is 0.998. The van der Waals surface area contributed by atoms with Gasteiger partial charge in [0.1, 0.15) is 0 Å². The maximum atomic E-state index is 13.1. The van der Waals surface area contributed by atoms with Crippen molar-refractivity contribution in [2.45, 2.75) is 37.2 Å². The molecule has 0 aliphatic carbocycles. The molecule has 2 aromatic carbocycles. The lowest BCUT2D eigenvalue weighted by molar-refractivity contribution is 0.0735. The van der Waals surface area contributed by atoms with Crippen LogP contribution in [0.15, 0.2) is 47.4 Å². The van der Waals surface area contributed by atoms with E-state index in [2.05, 4.69) is 27.9 Å². The second-order valence-corrected chi connectivity index (χ2v) is 12.8. The van der Waals surface area contributed by atoms with Gasteiger partial charge in [0.25, 0.3) is 5.91 Å². The van der Waals surface area contributed by atoms with Crippen LogP contribution in [0.3, 0.4) is 0 Å². The highest BCUT2D eigenvalue weighted by atomic mass is 32.2. The van der Waals surface area contributed by atoms with Crippen molar-refractivity contribution >= 4 is 36.7 Å². The third-order valence-corrected chi connectivity index (χ3v) is 9.69.